The molecule has 35 heavy (non-hydrogen) atoms. The van der Waals surface area contributed by atoms with Gasteiger partial charge in [0.1, 0.15) is 5.54 Å². The largest absolute Gasteiger partial charge is 0.468 e. The lowest BCUT2D eigenvalue weighted by Crippen LogP contribution is -2.51. The average Bonchev–Trinajstić information content (AvgIpc) is 2.78. The Morgan fingerprint density at radius 1 is 0.857 bits per heavy atom. The fourth-order valence-corrected chi connectivity index (χ4v) is 2.85. The molecular weight excluding hydrogens is 454 g/mol. The summed E-state index contributed by atoms with van der Waals surface area (Å²) >= 11 is 0. The fourth-order valence-electron chi connectivity index (χ4n) is 2.85. The summed E-state index contributed by atoms with van der Waals surface area (Å²) in [5, 5.41) is 0. The van der Waals surface area contributed by atoms with E-state index in [0.717, 1.165) is 0 Å². The Bertz CT molecular complexity index is 909. The maximum Gasteiger partial charge on any atom is 0.326 e. The van der Waals surface area contributed by atoms with Crippen molar-refractivity contribution in [3.63, 3.8) is 0 Å². The van der Waals surface area contributed by atoms with E-state index in [2.05, 4.69) is 0 Å². The van der Waals surface area contributed by atoms with Gasteiger partial charge in [-0.05, 0) is 23.6 Å². The van der Waals surface area contributed by atoms with Gasteiger partial charge in [0.05, 0.1) is 31.5 Å². The van der Waals surface area contributed by atoms with Gasteiger partial charge >= 0.3 is 23.9 Å². The van der Waals surface area contributed by atoms with Gasteiger partial charge in [0.15, 0.2) is 11.5 Å². The van der Waals surface area contributed by atoms with Crippen LogP contribution in [0, 0.1) is 23.7 Å². The monoisotopic (exact) mass is 493 g/mol. The minimum absolute atomic E-state index is 0.00158. The van der Waals surface area contributed by atoms with Crippen LogP contribution in [0.2, 0.25) is 0 Å². The molecule has 1 aromatic carbocycles. The van der Waals surface area contributed by atoms with Crippen molar-refractivity contribution in [3.05, 3.63) is 23.8 Å². The van der Waals surface area contributed by atoms with Crippen LogP contribution in [0.1, 0.15) is 60.5 Å². The second-order valence-electron chi connectivity index (χ2n) is 9.71. The Balaban J connectivity index is 3.17. The van der Waals surface area contributed by atoms with Crippen LogP contribution >= 0.6 is 0 Å². The predicted octanol–water partition coefficient (Wildman–Crippen LogP) is 3.45. The molecule has 0 aromatic heterocycles. The molecule has 1 rings (SSSR count). The van der Waals surface area contributed by atoms with E-state index in [1.165, 1.54) is 19.2 Å². The highest BCUT2D eigenvalue weighted by atomic mass is 16.6. The Morgan fingerprint density at radius 2 is 1.40 bits per heavy atom. The van der Waals surface area contributed by atoms with Gasteiger partial charge < -0.3 is 24.7 Å². The van der Waals surface area contributed by atoms with Crippen LogP contribution in [-0.4, -0.2) is 43.1 Å². The summed E-state index contributed by atoms with van der Waals surface area (Å²) < 4.78 is 21.1. The molecule has 0 saturated heterocycles. The number of esters is 4. The van der Waals surface area contributed by atoms with Gasteiger partial charge in [0, 0.05) is 12.8 Å². The number of nitrogens with two attached hydrogens (primary N) is 1. The maximum atomic E-state index is 12.6. The highest BCUT2D eigenvalue weighted by Crippen LogP contribution is 2.32. The molecule has 0 aliphatic rings. The second-order valence-corrected chi connectivity index (χ2v) is 9.71. The van der Waals surface area contributed by atoms with E-state index in [1.54, 1.807) is 40.7 Å². The van der Waals surface area contributed by atoms with Crippen LogP contribution in [0.15, 0.2) is 18.2 Å². The first kappa shape index (κ1) is 30.1. The number of hydrogen-bond acceptors (Lipinski definition) is 9. The second kappa shape index (κ2) is 13.2. The van der Waals surface area contributed by atoms with Crippen molar-refractivity contribution in [2.45, 2.75) is 66.8 Å². The van der Waals surface area contributed by atoms with Gasteiger partial charge in [-0.3, -0.25) is 19.2 Å². The van der Waals surface area contributed by atoms with Gasteiger partial charge in [0.2, 0.25) is 0 Å². The van der Waals surface area contributed by atoms with Crippen molar-refractivity contribution in [1.82, 2.24) is 0 Å². The van der Waals surface area contributed by atoms with E-state index in [1.807, 2.05) is 13.8 Å². The Morgan fingerprint density at radius 3 is 1.89 bits per heavy atom. The smallest absolute Gasteiger partial charge is 0.326 e. The third kappa shape index (κ3) is 8.98. The third-order valence-electron chi connectivity index (χ3n) is 5.65. The molecule has 1 aromatic rings. The van der Waals surface area contributed by atoms with Crippen molar-refractivity contribution >= 4 is 23.9 Å². The summed E-state index contributed by atoms with van der Waals surface area (Å²) in [5.74, 6) is -2.91. The number of rotatable bonds is 12. The zero-order chi connectivity index (χ0) is 26.9. The fraction of sp³-hybridized carbons (Fsp3) is 0.615. The van der Waals surface area contributed by atoms with E-state index in [4.69, 9.17) is 24.7 Å². The van der Waals surface area contributed by atoms with Gasteiger partial charge in [-0.25, -0.2) is 0 Å². The van der Waals surface area contributed by atoms with Crippen LogP contribution in [0.4, 0.5) is 0 Å². The normalized spacial score (nSPS) is 13.8. The zero-order valence-corrected chi connectivity index (χ0v) is 22.0. The van der Waals surface area contributed by atoms with Gasteiger partial charge in [-0.1, -0.05) is 54.5 Å². The molecule has 0 bridgehead atoms. The van der Waals surface area contributed by atoms with Crippen LogP contribution in [0.5, 0.6) is 11.5 Å². The van der Waals surface area contributed by atoms with E-state index in [0.29, 0.717) is 5.56 Å². The third-order valence-corrected chi connectivity index (χ3v) is 5.65. The Labute approximate surface area is 207 Å². The number of carbonyl (C=O) groups excluding carboxylic acids is 4. The Hall–Kier alpha value is -2.94. The molecule has 9 nitrogen and oxygen atoms in total. The summed E-state index contributed by atoms with van der Waals surface area (Å²) in [5.41, 5.74) is 5.43. The number of ether oxygens (including phenoxy) is 4. The van der Waals surface area contributed by atoms with Crippen molar-refractivity contribution in [2.24, 2.45) is 29.4 Å². The van der Waals surface area contributed by atoms with Crippen LogP contribution in [0.25, 0.3) is 0 Å². The van der Waals surface area contributed by atoms with E-state index in [9.17, 15) is 19.2 Å². The maximum absolute atomic E-state index is 12.6. The number of benzene rings is 1. The molecule has 0 fully saturated rings. The van der Waals surface area contributed by atoms with Gasteiger partial charge in [-0.2, -0.15) is 0 Å². The molecule has 0 aliphatic carbocycles. The lowest BCUT2D eigenvalue weighted by Gasteiger charge is -2.27. The molecule has 2 atom stereocenters. The van der Waals surface area contributed by atoms with Crippen molar-refractivity contribution in [2.75, 3.05) is 13.7 Å². The molecule has 0 spiro atoms. The predicted molar refractivity (Wildman–Crippen MR) is 130 cm³/mol. The number of hydrogen-bond donors (Lipinski definition) is 1. The SMILES string of the molecule is COC(=O)[C@@](N)(CCOC(=O)C(C)C(C)C)Cc1ccc(OC(=O)C(C)C)c(OC(=O)C(C)C)c1. The minimum atomic E-state index is -1.51. The first-order valence-electron chi connectivity index (χ1n) is 11.8. The van der Waals surface area contributed by atoms with E-state index >= 15 is 0 Å². The van der Waals surface area contributed by atoms with Gasteiger partial charge in [-0.15, -0.1) is 0 Å². The van der Waals surface area contributed by atoms with Crippen LogP contribution in [0.3, 0.4) is 0 Å². The molecule has 196 valence electrons. The zero-order valence-electron chi connectivity index (χ0n) is 22.0. The molecule has 0 aliphatic heterocycles. The molecular formula is C26H39NO8. The lowest BCUT2D eigenvalue weighted by molar-refractivity contribution is -0.153. The highest BCUT2D eigenvalue weighted by molar-refractivity contribution is 5.81. The summed E-state index contributed by atoms with van der Waals surface area (Å²) in [6, 6.07) is 4.61. The number of carbonyl (C=O) groups is 4. The molecule has 9 heteroatoms. The van der Waals surface area contributed by atoms with Crippen molar-refractivity contribution in [3.8, 4) is 11.5 Å². The highest BCUT2D eigenvalue weighted by Gasteiger charge is 2.36. The van der Waals surface area contributed by atoms with Crippen LogP contribution in [-0.2, 0) is 35.1 Å². The summed E-state index contributed by atoms with van der Waals surface area (Å²) in [6.07, 6.45) is 0.0169. The van der Waals surface area contributed by atoms with E-state index in [-0.39, 0.29) is 54.7 Å². The first-order chi connectivity index (χ1) is 16.2. The molecule has 2 N–H and O–H groups in total. The molecule has 0 saturated carbocycles. The molecule has 0 radical (unpaired) electrons. The van der Waals surface area contributed by atoms with Crippen molar-refractivity contribution < 1.29 is 38.1 Å². The minimum Gasteiger partial charge on any atom is -0.468 e. The lowest BCUT2D eigenvalue weighted by atomic mass is 9.88. The molecule has 0 amide bonds. The number of methoxy groups -OCH3 is 1. The molecule has 0 heterocycles. The summed E-state index contributed by atoms with van der Waals surface area (Å²) in [6.45, 7) is 12.3. The molecule has 1 unspecified atom stereocenters. The van der Waals surface area contributed by atoms with Crippen LogP contribution < -0.4 is 15.2 Å². The standard InChI is InChI=1S/C26H39NO8/c1-15(2)18(7)24(30)33-12-11-26(27,25(31)32-8)14-19-9-10-20(34-22(28)16(3)4)21(13-19)35-23(29)17(5)6/h9-10,13,15-18H,11-12,14,27H2,1-8H3/t18?,26-/m1/s1. The average molecular weight is 494 g/mol. The van der Waals surface area contributed by atoms with Crippen molar-refractivity contribution in [1.29, 1.82) is 0 Å². The topological polar surface area (TPSA) is 131 Å². The first-order valence-corrected chi connectivity index (χ1v) is 11.8. The summed E-state index contributed by atoms with van der Waals surface area (Å²) in [7, 11) is 1.22. The Kier molecular flexibility index (Phi) is 11.4. The summed E-state index contributed by atoms with van der Waals surface area (Å²) in [4.78, 5) is 49.1. The van der Waals surface area contributed by atoms with Gasteiger partial charge in [0.25, 0.3) is 0 Å². The quantitative estimate of drug-likeness (QED) is 0.343. The van der Waals surface area contributed by atoms with E-state index < -0.39 is 29.4 Å².